The Hall–Kier alpha value is -2.33. The number of carbonyl (C=O) groups excluding carboxylic acids is 1. The lowest BCUT2D eigenvalue weighted by molar-refractivity contribution is -0.133. The zero-order valence-electron chi connectivity index (χ0n) is 16.4. The summed E-state index contributed by atoms with van der Waals surface area (Å²) in [5.41, 5.74) is 2.88. The van der Waals surface area contributed by atoms with Gasteiger partial charge in [-0.15, -0.1) is 0 Å². The molecule has 0 spiro atoms. The predicted octanol–water partition coefficient (Wildman–Crippen LogP) is 5.43. The number of benzene rings is 2. The normalized spacial score (nSPS) is 20.2. The highest BCUT2D eigenvalue weighted by Crippen LogP contribution is 2.33. The van der Waals surface area contributed by atoms with Gasteiger partial charge in [0.2, 0.25) is 5.91 Å². The Bertz CT molecular complexity index is 920. The molecule has 4 rings (SSSR count). The molecule has 0 bridgehead atoms. The number of aromatic carboxylic acids is 1. The van der Waals surface area contributed by atoms with Gasteiger partial charge in [-0.25, -0.2) is 4.79 Å². The van der Waals surface area contributed by atoms with Crippen molar-refractivity contribution in [3.8, 4) is 11.1 Å². The van der Waals surface area contributed by atoms with Crippen LogP contribution in [0.1, 0.15) is 54.4 Å². The first-order valence-electron chi connectivity index (χ1n) is 10.5. The minimum Gasteiger partial charge on any atom is -0.478 e. The van der Waals surface area contributed by atoms with E-state index in [4.69, 9.17) is 11.6 Å². The van der Waals surface area contributed by atoms with Gasteiger partial charge >= 0.3 is 5.97 Å². The van der Waals surface area contributed by atoms with E-state index in [1.807, 2.05) is 24.3 Å². The molecule has 1 amide bonds. The Kier molecular flexibility index (Phi) is 5.91. The van der Waals surface area contributed by atoms with Gasteiger partial charge in [-0.05, 0) is 55.0 Å². The molecule has 1 saturated carbocycles. The Morgan fingerprint density at radius 2 is 1.86 bits per heavy atom. The second kappa shape index (κ2) is 8.58. The number of rotatable bonds is 5. The number of carboxylic acid groups (broad SMARTS) is 1. The molecule has 1 heterocycles. The van der Waals surface area contributed by atoms with E-state index >= 15 is 0 Å². The zero-order valence-corrected chi connectivity index (χ0v) is 17.2. The summed E-state index contributed by atoms with van der Waals surface area (Å²) in [5.74, 6) is -0.623. The van der Waals surface area contributed by atoms with Crippen molar-refractivity contribution in [2.75, 3.05) is 6.54 Å². The SMILES string of the molecule is O=C(O)c1cccc(-c2ccc(CC3CCN(C4CCCCC4)C3=O)cc2Cl)c1. The smallest absolute Gasteiger partial charge is 0.335 e. The summed E-state index contributed by atoms with van der Waals surface area (Å²) in [5, 5.41) is 9.78. The van der Waals surface area contributed by atoms with Gasteiger partial charge in [0.05, 0.1) is 5.56 Å². The number of halogens is 1. The summed E-state index contributed by atoms with van der Waals surface area (Å²) in [4.78, 5) is 26.3. The lowest BCUT2D eigenvalue weighted by Crippen LogP contribution is -2.39. The Balaban J connectivity index is 1.47. The standard InChI is InChI=1S/C24H26ClNO3/c25-22-14-16(9-10-21(22)17-5-4-6-19(15-17)24(28)29)13-18-11-12-26(23(18)27)20-7-2-1-3-8-20/h4-6,9-10,14-15,18,20H,1-3,7-8,11-13H2,(H,28,29). The van der Waals surface area contributed by atoms with Gasteiger partial charge in [0.1, 0.15) is 0 Å². The molecule has 1 N–H and O–H groups in total. The van der Waals surface area contributed by atoms with Crippen LogP contribution in [0.5, 0.6) is 0 Å². The van der Waals surface area contributed by atoms with Gasteiger partial charge in [0.25, 0.3) is 0 Å². The lowest BCUT2D eigenvalue weighted by atomic mass is 9.93. The van der Waals surface area contributed by atoms with E-state index in [1.165, 1.54) is 19.3 Å². The number of hydrogen-bond donors (Lipinski definition) is 1. The van der Waals surface area contributed by atoms with Crippen molar-refractivity contribution >= 4 is 23.5 Å². The van der Waals surface area contributed by atoms with E-state index < -0.39 is 5.97 Å². The second-order valence-electron chi connectivity index (χ2n) is 8.21. The number of nitrogens with zero attached hydrogens (tertiary/aromatic N) is 1. The molecule has 1 aliphatic heterocycles. The van der Waals surface area contributed by atoms with Crippen molar-refractivity contribution in [1.29, 1.82) is 0 Å². The molecule has 2 fully saturated rings. The molecule has 152 valence electrons. The fourth-order valence-electron chi connectivity index (χ4n) is 4.73. The molecule has 2 aliphatic rings. The van der Waals surface area contributed by atoms with Crippen molar-refractivity contribution in [3.05, 3.63) is 58.6 Å². The zero-order chi connectivity index (χ0) is 20.4. The molecule has 1 aliphatic carbocycles. The third-order valence-electron chi connectivity index (χ3n) is 6.30. The first kappa shape index (κ1) is 20.0. The van der Waals surface area contributed by atoms with E-state index in [0.717, 1.165) is 42.5 Å². The Morgan fingerprint density at radius 3 is 2.59 bits per heavy atom. The molecular formula is C24H26ClNO3. The van der Waals surface area contributed by atoms with Gasteiger partial charge in [0, 0.05) is 29.1 Å². The van der Waals surface area contributed by atoms with Crippen LogP contribution in [0.4, 0.5) is 0 Å². The van der Waals surface area contributed by atoms with E-state index in [1.54, 1.807) is 18.2 Å². The van der Waals surface area contributed by atoms with Crippen molar-refractivity contribution in [2.24, 2.45) is 5.92 Å². The van der Waals surface area contributed by atoms with Crippen molar-refractivity contribution in [3.63, 3.8) is 0 Å². The van der Waals surface area contributed by atoms with Gasteiger partial charge in [-0.2, -0.15) is 0 Å². The maximum atomic E-state index is 12.9. The molecule has 2 aromatic rings. The van der Waals surface area contributed by atoms with Crippen LogP contribution < -0.4 is 0 Å². The first-order chi connectivity index (χ1) is 14.0. The van der Waals surface area contributed by atoms with Crippen LogP contribution in [0.25, 0.3) is 11.1 Å². The van der Waals surface area contributed by atoms with Gasteiger partial charge in [-0.1, -0.05) is 55.1 Å². The molecule has 0 radical (unpaired) electrons. The van der Waals surface area contributed by atoms with E-state index in [0.29, 0.717) is 23.4 Å². The van der Waals surface area contributed by atoms with Crippen molar-refractivity contribution in [2.45, 2.75) is 51.0 Å². The molecular weight excluding hydrogens is 386 g/mol. The van der Waals surface area contributed by atoms with E-state index in [2.05, 4.69) is 4.90 Å². The van der Waals surface area contributed by atoms with Gasteiger partial charge < -0.3 is 10.0 Å². The highest BCUT2D eigenvalue weighted by Gasteiger charge is 2.36. The highest BCUT2D eigenvalue weighted by molar-refractivity contribution is 6.33. The molecule has 0 aromatic heterocycles. The number of likely N-dealkylation sites (tertiary alicyclic amines) is 1. The molecule has 29 heavy (non-hydrogen) atoms. The molecule has 1 unspecified atom stereocenters. The van der Waals surface area contributed by atoms with E-state index in [9.17, 15) is 14.7 Å². The average Bonchev–Trinajstić information content (AvgIpc) is 3.09. The number of amides is 1. The third kappa shape index (κ3) is 4.32. The molecule has 4 nitrogen and oxygen atoms in total. The summed E-state index contributed by atoms with van der Waals surface area (Å²) in [6, 6.07) is 13.1. The van der Waals surface area contributed by atoms with Crippen LogP contribution in [-0.2, 0) is 11.2 Å². The topological polar surface area (TPSA) is 57.6 Å². The van der Waals surface area contributed by atoms with Crippen molar-refractivity contribution in [1.82, 2.24) is 4.90 Å². The Morgan fingerprint density at radius 1 is 1.07 bits per heavy atom. The van der Waals surface area contributed by atoms with E-state index in [-0.39, 0.29) is 11.5 Å². The quantitative estimate of drug-likeness (QED) is 0.713. The predicted molar refractivity (Wildman–Crippen MR) is 114 cm³/mol. The number of hydrogen-bond acceptors (Lipinski definition) is 2. The largest absolute Gasteiger partial charge is 0.478 e. The Labute approximate surface area is 176 Å². The summed E-state index contributed by atoms with van der Waals surface area (Å²) in [6.45, 7) is 0.877. The lowest BCUT2D eigenvalue weighted by Gasteiger charge is -2.31. The van der Waals surface area contributed by atoms with Crippen LogP contribution >= 0.6 is 11.6 Å². The summed E-state index contributed by atoms with van der Waals surface area (Å²) < 4.78 is 0. The van der Waals surface area contributed by atoms with Crippen LogP contribution in [0.3, 0.4) is 0 Å². The molecule has 2 aromatic carbocycles. The molecule has 1 saturated heterocycles. The fourth-order valence-corrected chi connectivity index (χ4v) is 5.04. The summed E-state index contributed by atoms with van der Waals surface area (Å²) >= 11 is 6.53. The minimum absolute atomic E-state index is 0.0363. The monoisotopic (exact) mass is 411 g/mol. The van der Waals surface area contributed by atoms with Crippen LogP contribution in [0.2, 0.25) is 5.02 Å². The van der Waals surface area contributed by atoms with Gasteiger partial charge in [-0.3, -0.25) is 4.79 Å². The average molecular weight is 412 g/mol. The first-order valence-corrected chi connectivity index (χ1v) is 10.8. The number of carboxylic acids is 1. The van der Waals surface area contributed by atoms with Crippen LogP contribution in [-0.4, -0.2) is 34.5 Å². The van der Waals surface area contributed by atoms with Gasteiger partial charge in [0.15, 0.2) is 0 Å². The second-order valence-corrected chi connectivity index (χ2v) is 8.62. The fraction of sp³-hybridized carbons (Fsp3) is 0.417. The minimum atomic E-state index is -0.957. The highest BCUT2D eigenvalue weighted by atomic mass is 35.5. The van der Waals surface area contributed by atoms with Crippen LogP contribution in [0, 0.1) is 5.92 Å². The molecule has 5 heteroatoms. The third-order valence-corrected chi connectivity index (χ3v) is 6.62. The summed E-state index contributed by atoms with van der Waals surface area (Å²) in [7, 11) is 0. The maximum absolute atomic E-state index is 12.9. The number of carbonyl (C=O) groups is 2. The molecule has 1 atom stereocenters. The summed E-state index contributed by atoms with van der Waals surface area (Å²) in [6.07, 6.45) is 7.68. The maximum Gasteiger partial charge on any atom is 0.335 e. The van der Waals surface area contributed by atoms with Crippen LogP contribution in [0.15, 0.2) is 42.5 Å². The van der Waals surface area contributed by atoms with Crippen molar-refractivity contribution < 1.29 is 14.7 Å².